The highest BCUT2D eigenvalue weighted by Crippen LogP contribution is 2.30. The second-order valence-corrected chi connectivity index (χ2v) is 4.15. The van der Waals surface area contributed by atoms with Crippen LogP contribution in [0.25, 0.3) is 22.2 Å². The maximum Gasteiger partial charge on any atom is 0.0716 e. The highest BCUT2D eigenvalue weighted by atomic mass is 15.1. The molecule has 2 heterocycles. The molecule has 3 rings (SSSR count). The van der Waals surface area contributed by atoms with Gasteiger partial charge in [-0.25, -0.2) is 0 Å². The molecule has 3 N–H and O–H groups in total. The monoisotopic (exact) mass is 226 g/mol. The largest absolute Gasteiger partial charge is 0.350 e. The SMILES string of the molecule is Cn1cc(-c2[nH]ncc2CN)c2ccccc21. The number of hydrogen-bond donors (Lipinski definition) is 2. The second kappa shape index (κ2) is 3.75. The Morgan fingerprint density at radius 2 is 2.18 bits per heavy atom. The molecule has 86 valence electrons. The van der Waals surface area contributed by atoms with Crippen molar-refractivity contribution in [2.45, 2.75) is 6.54 Å². The second-order valence-electron chi connectivity index (χ2n) is 4.15. The summed E-state index contributed by atoms with van der Waals surface area (Å²) in [7, 11) is 2.05. The molecule has 0 saturated heterocycles. The summed E-state index contributed by atoms with van der Waals surface area (Å²) in [5.74, 6) is 0. The van der Waals surface area contributed by atoms with Crippen LogP contribution in [0.4, 0.5) is 0 Å². The summed E-state index contributed by atoms with van der Waals surface area (Å²) in [5.41, 5.74) is 10.1. The van der Waals surface area contributed by atoms with Crippen molar-refractivity contribution < 1.29 is 0 Å². The standard InChI is InChI=1S/C13H14N4/c1-17-8-11(10-4-2-3-5-12(10)17)13-9(6-14)7-15-16-13/h2-5,7-8H,6,14H2,1H3,(H,15,16). The Hall–Kier alpha value is -2.07. The van der Waals surface area contributed by atoms with E-state index in [4.69, 9.17) is 5.73 Å². The van der Waals surface area contributed by atoms with E-state index in [1.165, 1.54) is 10.9 Å². The smallest absolute Gasteiger partial charge is 0.0716 e. The fourth-order valence-corrected chi connectivity index (χ4v) is 2.24. The molecule has 0 spiro atoms. The van der Waals surface area contributed by atoms with Crippen LogP contribution in [0.5, 0.6) is 0 Å². The van der Waals surface area contributed by atoms with Gasteiger partial charge in [0.15, 0.2) is 0 Å². The number of aromatic amines is 1. The van der Waals surface area contributed by atoms with Gasteiger partial charge in [-0.3, -0.25) is 5.10 Å². The molecule has 0 saturated carbocycles. The molecule has 0 unspecified atom stereocenters. The summed E-state index contributed by atoms with van der Waals surface area (Å²) in [6, 6.07) is 8.32. The molecule has 4 nitrogen and oxygen atoms in total. The van der Waals surface area contributed by atoms with Crippen molar-refractivity contribution in [2.24, 2.45) is 12.8 Å². The number of para-hydroxylation sites is 1. The first-order chi connectivity index (χ1) is 8.31. The van der Waals surface area contributed by atoms with Crippen LogP contribution in [0.3, 0.4) is 0 Å². The molecule has 4 heteroatoms. The lowest BCUT2D eigenvalue weighted by Gasteiger charge is -1.98. The highest BCUT2D eigenvalue weighted by Gasteiger charge is 2.12. The predicted octanol–water partition coefficient (Wildman–Crippen LogP) is 2.03. The van der Waals surface area contributed by atoms with Crippen molar-refractivity contribution in [1.82, 2.24) is 14.8 Å². The number of hydrogen-bond acceptors (Lipinski definition) is 2. The van der Waals surface area contributed by atoms with Gasteiger partial charge >= 0.3 is 0 Å². The molecule has 0 bridgehead atoms. The average molecular weight is 226 g/mol. The molecular formula is C13H14N4. The zero-order chi connectivity index (χ0) is 11.8. The first-order valence-electron chi connectivity index (χ1n) is 5.58. The third-order valence-electron chi connectivity index (χ3n) is 3.10. The maximum atomic E-state index is 5.72. The van der Waals surface area contributed by atoms with Gasteiger partial charge in [0.1, 0.15) is 0 Å². The number of aryl methyl sites for hydroxylation is 1. The molecule has 0 aliphatic rings. The van der Waals surface area contributed by atoms with Crippen LogP contribution >= 0.6 is 0 Å². The number of nitrogens with one attached hydrogen (secondary N) is 1. The van der Waals surface area contributed by atoms with Gasteiger partial charge in [0, 0.05) is 41.8 Å². The van der Waals surface area contributed by atoms with E-state index >= 15 is 0 Å². The molecule has 2 aromatic heterocycles. The first kappa shape index (κ1) is 10.1. The van der Waals surface area contributed by atoms with Gasteiger partial charge in [0.25, 0.3) is 0 Å². The molecular weight excluding hydrogens is 212 g/mol. The minimum atomic E-state index is 0.495. The fraction of sp³-hybridized carbons (Fsp3) is 0.154. The van der Waals surface area contributed by atoms with Crippen LogP contribution in [0.1, 0.15) is 5.56 Å². The Kier molecular flexibility index (Phi) is 2.23. The van der Waals surface area contributed by atoms with Crippen LogP contribution in [-0.2, 0) is 13.6 Å². The van der Waals surface area contributed by atoms with Gasteiger partial charge < -0.3 is 10.3 Å². The topological polar surface area (TPSA) is 59.6 Å². The minimum Gasteiger partial charge on any atom is -0.350 e. The third kappa shape index (κ3) is 1.45. The summed E-state index contributed by atoms with van der Waals surface area (Å²) in [5, 5.41) is 8.32. The number of aromatic nitrogens is 3. The van der Waals surface area contributed by atoms with E-state index in [-0.39, 0.29) is 0 Å². The lowest BCUT2D eigenvalue weighted by molar-refractivity contribution is 0.968. The zero-order valence-electron chi connectivity index (χ0n) is 9.64. The summed E-state index contributed by atoms with van der Waals surface area (Å²) in [6.07, 6.45) is 3.90. The van der Waals surface area contributed by atoms with Gasteiger partial charge in [0.05, 0.1) is 11.9 Å². The molecule has 0 radical (unpaired) electrons. The van der Waals surface area contributed by atoms with Crippen molar-refractivity contribution in [3.8, 4) is 11.3 Å². The van der Waals surface area contributed by atoms with E-state index in [9.17, 15) is 0 Å². The molecule has 0 amide bonds. The van der Waals surface area contributed by atoms with Gasteiger partial charge in [-0.2, -0.15) is 5.10 Å². The van der Waals surface area contributed by atoms with Gasteiger partial charge in [-0.05, 0) is 6.07 Å². The van der Waals surface area contributed by atoms with Crippen molar-refractivity contribution in [3.63, 3.8) is 0 Å². The molecule has 3 aromatic rings. The zero-order valence-corrected chi connectivity index (χ0v) is 9.64. The van der Waals surface area contributed by atoms with E-state index in [2.05, 4.69) is 33.1 Å². The van der Waals surface area contributed by atoms with Crippen molar-refractivity contribution in [2.75, 3.05) is 0 Å². The Bertz CT molecular complexity index is 663. The molecule has 1 aromatic carbocycles. The van der Waals surface area contributed by atoms with Crippen molar-refractivity contribution in [3.05, 3.63) is 42.2 Å². The van der Waals surface area contributed by atoms with Gasteiger partial charge in [-0.15, -0.1) is 0 Å². The number of benzene rings is 1. The molecule has 0 fully saturated rings. The van der Waals surface area contributed by atoms with E-state index < -0.39 is 0 Å². The number of rotatable bonds is 2. The van der Waals surface area contributed by atoms with E-state index in [1.54, 1.807) is 6.20 Å². The predicted molar refractivity (Wildman–Crippen MR) is 68.4 cm³/mol. The average Bonchev–Trinajstić information content (AvgIpc) is 2.94. The Morgan fingerprint density at radius 3 is 3.00 bits per heavy atom. The van der Waals surface area contributed by atoms with E-state index in [0.717, 1.165) is 16.8 Å². The lowest BCUT2D eigenvalue weighted by atomic mass is 10.1. The Balaban J connectivity index is 2.31. The van der Waals surface area contributed by atoms with Crippen LogP contribution in [0, 0.1) is 0 Å². The molecule has 0 aliphatic heterocycles. The number of nitrogens with zero attached hydrogens (tertiary/aromatic N) is 2. The van der Waals surface area contributed by atoms with Gasteiger partial charge in [0.2, 0.25) is 0 Å². The Morgan fingerprint density at radius 1 is 1.35 bits per heavy atom. The van der Waals surface area contributed by atoms with Crippen molar-refractivity contribution >= 4 is 10.9 Å². The van der Waals surface area contributed by atoms with Gasteiger partial charge in [-0.1, -0.05) is 18.2 Å². The first-order valence-corrected chi connectivity index (χ1v) is 5.58. The third-order valence-corrected chi connectivity index (χ3v) is 3.10. The van der Waals surface area contributed by atoms with Crippen LogP contribution in [-0.4, -0.2) is 14.8 Å². The highest BCUT2D eigenvalue weighted by molar-refractivity contribution is 5.95. The quantitative estimate of drug-likeness (QED) is 0.702. The summed E-state index contributed by atoms with van der Waals surface area (Å²) in [6.45, 7) is 0.495. The summed E-state index contributed by atoms with van der Waals surface area (Å²) in [4.78, 5) is 0. The summed E-state index contributed by atoms with van der Waals surface area (Å²) >= 11 is 0. The molecule has 17 heavy (non-hydrogen) atoms. The minimum absolute atomic E-state index is 0.495. The molecule has 0 aliphatic carbocycles. The summed E-state index contributed by atoms with van der Waals surface area (Å²) < 4.78 is 2.12. The van der Waals surface area contributed by atoms with Crippen LogP contribution < -0.4 is 5.73 Å². The Labute approximate surface area is 99.1 Å². The number of nitrogens with two attached hydrogens (primary N) is 1. The van der Waals surface area contributed by atoms with E-state index in [1.807, 2.05) is 19.2 Å². The van der Waals surface area contributed by atoms with Crippen LogP contribution in [0.15, 0.2) is 36.7 Å². The molecule has 0 atom stereocenters. The van der Waals surface area contributed by atoms with E-state index in [0.29, 0.717) is 6.54 Å². The van der Waals surface area contributed by atoms with Crippen LogP contribution in [0.2, 0.25) is 0 Å². The van der Waals surface area contributed by atoms with Crippen molar-refractivity contribution in [1.29, 1.82) is 0 Å². The number of fused-ring (bicyclic) bond motifs is 1. The number of H-pyrrole nitrogens is 1. The lowest BCUT2D eigenvalue weighted by Crippen LogP contribution is -1.96. The fourth-order valence-electron chi connectivity index (χ4n) is 2.24. The normalized spacial score (nSPS) is 11.2. The maximum absolute atomic E-state index is 5.72.